The van der Waals surface area contributed by atoms with Crippen LogP contribution >= 0.6 is 0 Å². The van der Waals surface area contributed by atoms with Gasteiger partial charge < -0.3 is 9.64 Å². The molecule has 0 bridgehead atoms. The van der Waals surface area contributed by atoms with Crippen LogP contribution < -0.4 is 0 Å². The lowest BCUT2D eigenvalue weighted by Gasteiger charge is -2.32. The summed E-state index contributed by atoms with van der Waals surface area (Å²) in [6.45, 7) is 6.33. The zero-order valence-corrected chi connectivity index (χ0v) is 12.5. The number of nitrogens with zero attached hydrogens (tertiary/aromatic N) is 3. The van der Waals surface area contributed by atoms with Crippen molar-refractivity contribution in [2.24, 2.45) is 5.92 Å². The minimum absolute atomic E-state index is 0.00935. The van der Waals surface area contributed by atoms with Gasteiger partial charge in [-0.2, -0.15) is 0 Å². The standard InChI is InChI=1S/C15H23N3O2/c1-11(2)14-16-7-6-13(17-14)15(19)18-8-4-5-12(9-18)10-20-3/h6-7,11-12H,4-5,8-10H2,1-3H3/t12-/m0/s1. The second-order valence-corrected chi connectivity index (χ2v) is 5.67. The smallest absolute Gasteiger partial charge is 0.272 e. The van der Waals surface area contributed by atoms with Gasteiger partial charge in [0.15, 0.2) is 0 Å². The van der Waals surface area contributed by atoms with E-state index in [-0.39, 0.29) is 11.8 Å². The molecule has 0 spiro atoms. The molecule has 1 fully saturated rings. The van der Waals surface area contributed by atoms with E-state index in [1.807, 2.05) is 18.7 Å². The Morgan fingerprint density at radius 1 is 1.55 bits per heavy atom. The maximum absolute atomic E-state index is 12.5. The van der Waals surface area contributed by atoms with Gasteiger partial charge in [-0.15, -0.1) is 0 Å². The Morgan fingerprint density at radius 2 is 2.35 bits per heavy atom. The van der Waals surface area contributed by atoms with E-state index in [1.165, 1.54) is 0 Å². The summed E-state index contributed by atoms with van der Waals surface area (Å²) >= 11 is 0. The predicted molar refractivity (Wildman–Crippen MR) is 76.6 cm³/mol. The lowest BCUT2D eigenvalue weighted by atomic mass is 9.98. The summed E-state index contributed by atoms with van der Waals surface area (Å²) in [7, 11) is 1.71. The molecule has 20 heavy (non-hydrogen) atoms. The van der Waals surface area contributed by atoms with E-state index in [9.17, 15) is 4.79 Å². The summed E-state index contributed by atoms with van der Waals surface area (Å²) < 4.78 is 5.20. The normalized spacial score (nSPS) is 19.4. The number of aromatic nitrogens is 2. The molecule has 0 unspecified atom stereocenters. The van der Waals surface area contributed by atoms with Crippen molar-refractivity contribution in [3.63, 3.8) is 0 Å². The number of piperidine rings is 1. The van der Waals surface area contributed by atoms with Crippen LogP contribution in [0, 0.1) is 5.92 Å². The Balaban J connectivity index is 2.08. The minimum Gasteiger partial charge on any atom is -0.384 e. The second kappa shape index (κ2) is 6.79. The van der Waals surface area contributed by atoms with Crippen LogP contribution in [0.25, 0.3) is 0 Å². The Kier molecular flexibility index (Phi) is 5.06. The zero-order chi connectivity index (χ0) is 14.5. The number of likely N-dealkylation sites (tertiary alicyclic amines) is 1. The van der Waals surface area contributed by atoms with E-state index >= 15 is 0 Å². The van der Waals surface area contributed by atoms with E-state index in [2.05, 4.69) is 9.97 Å². The van der Waals surface area contributed by atoms with Crippen molar-refractivity contribution in [1.29, 1.82) is 0 Å². The number of amides is 1. The third-order valence-electron chi connectivity index (χ3n) is 3.62. The number of carbonyl (C=O) groups is 1. The minimum atomic E-state index is 0.00935. The first-order chi connectivity index (χ1) is 9.61. The highest BCUT2D eigenvalue weighted by molar-refractivity contribution is 5.92. The monoisotopic (exact) mass is 277 g/mol. The first-order valence-electron chi connectivity index (χ1n) is 7.23. The molecule has 0 aliphatic carbocycles. The molecular formula is C15H23N3O2. The molecule has 1 amide bonds. The summed E-state index contributed by atoms with van der Waals surface area (Å²) in [6.07, 6.45) is 3.83. The van der Waals surface area contributed by atoms with Gasteiger partial charge in [0, 0.05) is 32.3 Å². The molecule has 110 valence electrons. The van der Waals surface area contributed by atoms with E-state index in [1.54, 1.807) is 19.4 Å². The number of rotatable bonds is 4. The number of ether oxygens (including phenoxy) is 1. The molecule has 1 aromatic heterocycles. The van der Waals surface area contributed by atoms with Crippen LogP contribution in [0.15, 0.2) is 12.3 Å². The fourth-order valence-corrected chi connectivity index (χ4v) is 2.55. The molecule has 0 N–H and O–H groups in total. The molecular weight excluding hydrogens is 254 g/mol. The van der Waals surface area contributed by atoms with Gasteiger partial charge in [-0.3, -0.25) is 4.79 Å². The summed E-state index contributed by atoms with van der Waals surface area (Å²) in [5.41, 5.74) is 0.502. The molecule has 5 heteroatoms. The Labute approximate surface area is 120 Å². The highest BCUT2D eigenvalue weighted by Crippen LogP contribution is 2.18. The molecule has 2 rings (SSSR count). The van der Waals surface area contributed by atoms with Crippen LogP contribution in [0.1, 0.15) is 48.9 Å². The fourth-order valence-electron chi connectivity index (χ4n) is 2.55. The van der Waals surface area contributed by atoms with Gasteiger partial charge in [0.2, 0.25) is 0 Å². The molecule has 1 saturated heterocycles. The van der Waals surface area contributed by atoms with Gasteiger partial charge in [0.25, 0.3) is 5.91 Å². The average molecular weight is 277 g/mol. The van der Waals surface area contributed by atoms with Gasteiger partial charge in [0.1, 0.15) is 11.5 Å². The number of hydrogen-bond acceptors (Lipinski definition) is 4. The van der Waals surface area contributed by atoms with Gasteiger partial charge in [-0.05, 0) is 24.8 Å². The summed E-state index contributed by atoms with van der Waals surface area (Å²) in [5.74, 6) is 1.39. The highest BCUT2D eigenvalue weighted by Gasteiger charge is 2.25. The number of methoxy groups -OCH3 is 1. The zero-order valence-electron chi connectivity index (χ0n) is 12.5. The first kappa shape index (κ1) is 14.9. The van der Waals surface area contributed by atoms with Crippen LogP contribution in [0.3, 0.4) is 0 Å². The molecule has 0 saturated carbocycles. The molecule has 0 radical (unpaired) electrons. The van der Waals surface area contributed by atoms with Crippen molar-refractivity contribution in [2.75, 3.05) is 26.8 Å². The number of carbonyl (C=O) groups excluding carboxylic acids is 1. The van der Waals surface area contributed by atoms with Crippen molar-refractivity contribution in [2.45, 2.75) is 32.6 Å². The van der Waals surface area contributed by atoms with E-state index in [4.69, 9.17) is 4.74 Å². The summed E-state index contributed by atoms with van der Waals surface area (Å²) in [4.78, 5) is 23.0. The third-order valence-corrected chi connectivity index (χ3v) is 3.62. The Morgan fingerprint density at radius 3 is 3.05 bits per heavy atom. The topological polar surface area (TPSA) is 55.3 Å². The molecule has 1 aliphatic heterocycles. The lowest BCUT2D eigenvalue weighted by molar-refractivity contribution is 0.0565. The molecule has 1 aromatic rings. The summed E-state index contributed by atoms with van der Waals surface area (Å²) in [5, 5.41) is 0. The quantitative estimate of drug-likeness (QED) is 0.845. The molecule has 5 nitrogen and oxygen atoms in total. The van der Waals surface area contributed by atoms with Crippen molar-refractivity contribution in [1.82, 2.24) is 14.9 Å². The maximum Gasteiger partial charge on any atom is 0.272 e. The van der Waals surface area contributed by atoms with Crippen molar-refractivity contribution >= 4 is 5.91 Å². The predicted octanol–water partition coefficient (Wildman–Crippen LogP) is 2.10. The molecule has 0 aromatic carbocycles. The van der Waals surface area contributed by atoms with Gasteiger partial charge >= 0.3 is 0 Å². The van der Waals surface area contributed by atoms with E-state index < -0.39 is 0 Å². The molecule has 1 aliphatic rings. The van der Waals surface area contributed by atoms with Crippen LogP contribution in [-0.2, 0) is 4.74 Å². The fraction of sp³-hybridized carbons (Fsp3) is 0.667. The van der Waals surface area contributed by atoms with Gasteiger partial charge in [0.05, 0.1) is 6.61 Å². The third kappa shape index (κ3) is 3.54. The van der Waals surface area contributed by atoms with Crippen molar-refractivity contribution < 1.29 is 9.53 Å². The molecule has 1 atom stereocenters. The van der Waals surface area contributed by atoms with Gasteiger partial charge in [-0.1, -0.05) is 13.8 Å². The van der Waals surface area contributed by atoms with Crippen LogP contribution in [-0.4, -0.2) is 47.6 Å². The van der Waals surface area contributed by atoms with Crippen LogP contribution in [0.5, 0.6) is 0 Å². The largest absolute Gasteiger partial charge is 0.384 e. The average Bonchev–Trinajstić information content (AvgIpc) is 2.47. The SMILES string of the molecule is COC[C@H]1CCCN(C(=O)c2ccnc(C(C)C)n2)C1. The highest BCUT2D eigenvalue weighted by atomic mass is 16.5. The van der Waals surface area contributed by atoms with Crippen molar-refractivity contribution in [3.05, 3.63) is 23.8 Å². The van der Waals surface area contributed by atoms with E-state index in [0.29, 0.717) is 18.2 Å². The van der Waals surface area contributed by atoms with Crippen molar-refractivity contribution in [3.8, 4) is 0 Å². The maximum atomic E-state index is 12.5. The molecule has 2 heterocycles. The second-order valence-electron chi connectivity index (χ2n) is 5.67. The Hall–Kier alpha value is -1.49. The number of hydrogen-bond donors (Lipinski definition) is 0. The lowest BCUT2D eigenvalue weighted by Crippen LogP contribution is -2.41. The van der Waals surface area contributed by atoms with Crippen LogP contribution in [0.2, 0.25) is 0 Å². The summed E-state index contributed by atoms with van der Waals surface area (Å²) in [6, 6.07) is 1.70. The van der Waals surface area contributed by atoms with Crippen LogP contribution in [0.4, 0.5) is 0 Å². The Bertz CT molecular complexity index is 460. The van der Waals surface area contributed by atoms with E-state index in [0.717, 1.165) is 31.8 Å². The van der Waals surface area contributed by atoms with Gasteiger partial charge in [-0.25, -0.2) is 9.97 Å². The first-order valence-corrected chi connectivity index (χ1v) is 7.23.